The molecular formula is C27H36FNO3S. The van der Waals surface area contributed by atoms with Crippen LogP contribution in [0, 0.1) is 5.82 Å². The molecule has 0 radical (unpaired) electrons. The van der Waals surface area contributed by atoms with Crippen LogP contribution in [-0.4, -0.2) is 58.0 Å². The molecule has 0 spiro atoms. The van der Waals surface area contributed by atoms with Gasteiger partial charge >= 0.3 is 0 Å². The normalized spacial score (nSPS) is 25.1. The first-order chi connectivity index (χ1) is 16.1. The van der Waals surface area contributed by atoms with Crippen LogP contribution < -0.4 is 5.32 Å². The van der Waals surface area contributed by atoms with Crippen molar-refractivity contribution in [3.63, 3.8) is 0 Å². The van der Waals surface area contributed by atoms with Gasteiger partial charge in [-0.25, -0.2) is 4.39 Å². The Balaban J connectivity index is 1.47. The summed E-state index contributed by atoms with van der Waals surface area (Å²) in [5.41, 5.74) is 2.95. The van der Waals surface area contributed by atoms with E-state index < -0.39 is 0 Å². The first kappa shape index (κ1) is 24.7. The number of halogens is 1. The van der Waals surface area contributed by atoms with Crippen molar-refractivity contribution >= 4 is 11.8 Å². The highest BCUT2D eigenvalue weighted by atomic mass is 32.2. The van der Waals surface area contributed by atoms with Gasteiger partial charge in [-0.1, -0.05) is 42.5 Å². The van der Waals surface area contributed by atoms with Crippen molar-refractivity contribution < 1.29 is 18.6 Å². The van der Waals surface area contributed by atoms with Gasteiger partial charge in [0.05, 0.1) is 19.8 Å². The van der Waals surface area contributed by atoms with E-state index in [0.717, 1.165) is 30.5 Å². The zero-order valence-electron chi connectivity index (χ0n) is 19.7. The maximum absolute atomic E-state index is 15.4. The van der Waals surface area contributed by atoms with Crippen LogP contribution in [0.3, 0.4) is 0 Å². The fraction of sp³-hybridized carbons (Fsp3) is 0.556. The number of nitrogens with one attached hydrogen (secondary N) is 1. The van der Waals surface area contributed by atoms with Crippen molar-refractivity contribution in [2.45, 2.75) is 48.1 Å². The molecule has 0 saturated carbocycles. The first-order valence-electron chi connectivity index (χ1n) is 12.0. The monoisotopic (exact) mass is 473 g/mol. The molecule has 2 saturated heterocycles. The summed E-state index contributed by atoms with van der Waals surface area (Å²) >= 11 is 1.97. The molecule has 2 aliphatic rings. The maximum atomic E-state index is 15.4. The van der Waals surface area contributed by atoms with Gasteiger partial charge in [0, 0.05) is 48.8 Å². The summed E-state index contributed by atoms with van der Waals surface area (Å²) in [6.45, 7) is 6.19. The number of methoxy groups -OCH3 is 1. The molecule has 3 atom stereocenters. The Bertz CT molecular complexity index is 875. The molecule has 2 heterocycles. The first-order valence-corrected chi connectivity index (χ1v) is 12.9. The minimum Gasteiger partial charge on any atom is -0.382 e. The molecule has 2 aliphatic heterocycles. The van der Waals surface area contributed by atoms with E-state index in [-0.39, 0.29) is 11.2 Å². The van der Waals surface area contributed by atoms with Gasteiger partial charge in [-0.3, -0.25) is 0 Å². The molecule has 4 nitrogen and oxygen atoms in total. The van der Waals surface area contributed by atoms with Gasteiger partial charge < -0.3 is 19.5 Å². The second kappa shape index (κ2) is 11.8. The molecular weight excluding hydrogens is 437 g/mol. The van der Waals surface area contributed by atoms with Crippen LogP contribution in [0.4, 0.5) is 4.39 Å². The highest BCUT2D eigenvalue weighted by Gasteiger charge is 2.36. The van der Waals surface area contributed by atoms with E-state index in [1.54, 1.807) is 13.2 Å². The van der Waals surface area contributed by atoms with E-state index in [0.29, 0.717) is 56.0 Å². The van der Waals surface area contributed by atoms with E-state index in [9.17, 15) is 0 Å². The van der Waals surface area contributed by atoms with Crippen LogP contribution in [0.1, 0.15) is 41.7 Å². The van der Waals surface area contributed by atoms with Crippen molar-refractivity contribution in [3.05, 3.63) is 71.0 Å². The Labute approximate surface area is 201 Å². The molecule has 0 aromatic heterocycles. The lowest BCUT2D eigenvalue weighted by molar-refractivity contribution is -0.0111. The minimum absolute atomic E-state index is 0.107. The van der Waals surface area contributed by atoms with Gasteiger partial charge in [0.25, 0.3) is 0 Å². The van der Waals surface area contributed by atoms with Crippen LogP contribution in [0.5, 0.6) is 0 Å². The van der Waals surface area contributed by atoms with Crippen molar-refractivity contribution in [3.8, 4) is 0 Å². The van der Waals surface area contributed by atoms with E-state index in [1.807, 2.05) is 17.8 Å². The zero-order valence-corrected chi connectivity index (χ0v) is 20.5. The highest BCUT2D eigenvalue weighted by Crippen LogP contribution is 2.39. The summed E-state index contributed by atoms with van der Waals surface area (Å²) in [6, 6.07) is 16.8. The summed E-state index contributed by atoms with van der Waals surface area (Å²) in [5, 5.41) is 4.35. The van der Waals surface area contributed by atoms with Crippen LogP contribution in [0.2, 0.25) is 0 Å². The van der Waals surface area contributed by atoms with Gasteiger partial charge in [-0.15, -0.1) is 11.8 Å². The van der Waals surface area contributed by atoms with Gasteiger partial charge in [0.15, 0.2) is 0 Å². The molecule has 180 valence electrons. The van der Waals surface area contributed by atoms with E-state index in [1.165, 1.54) is 5.56 Å². The summed E-state index contributed by atoms with van der Waals surface area (Å²) in [6.07, 6.45) is 2.41. The van der Waals surface area contributed by atoms with E-state index in [2.05, 4.69) is 48.6 Å². The fourth-order valence-corrected chi connectivity index (χ4v) is 6.37. The molecule has 2 fully saturated rings. The largest absolute Gasteiger partial charge is 0.382 e. The van der Waals surface area contributed by atoms with Crippen molar-refractivity contribution in [2.75, 3.05) is 46.7 Å². The zero-order chi connectivity index (χ0) is 23.1. The second-order valence-corrected chi connectivity index (χ2v) is 10.7. The number of benzene rings is 2. The number of thioether (sulfide) groups is 1. The quantitative estimate of drug-likeness (QED) is 0.524. The van der Waals surface area contributed by atoms with Crippen molar-refractivity contribution in [1.82, 2.24) is 5.32 Å². The molecule has 4 rings (SSSR count). The predicted octanol–water partition coefficient (Wildman–Crippen LogP) is 4.91. The standard InChI is InChI=1S/C27H36FNO3S/c1-20-25(33-26(18-29-20)21-6-4-3-5-7-21)16-22-8-9-23(17-24(22)28)27(10-12-31-13-11-27)19-32-15-14-30-2/h3-9,17,20,25-26,29H,10-16,18-19H2,1-2H3/t20-,25?,26-/m0/s1. The Morgan fingerprint density at radius 3 is 2.64 bits per heavy atom. The van der Waals surface area contributed by atoms with Gasteiger partial charge in [-0.05, 0) is 48.9 Å². The molecule has 2 aromatic rings. The Kier molecular flexibility index (Phi) is 8.83. The Morgan fingerprint density at radius 2 is 1.91 bits per heavy atom. The van der Waals surface area contributed by atoms with Crippen LogP contribution in [0.25, 0.3) is 0 Å². The molecule has 6 heteroatoms. The summed E-state index contributed by atoms with van der Waals surface area (Å²) < 4.78 is 32.0. The maximum Gasteiger partial charge on any atom is 0.126 e. The third-order valence-corrected chi connectivity index (χ3v) is 8.73. The Morgan fingerprint density at radius 1 is 1.12 bits per heavy atom. The third-order valence-electron chi connectivity index (χ3n) is 7.04. The SMILES string of the molecule is COCCOCC1(c2ccc(CC3S[C@H](c4ccccc4)CN[C@H]3C)c(F)c2)CCOCC1. The van der Waals surface area contributed by atoms with E-state index in [4.69, 9.17) is 14.2 Å². The van der Waals surface area contributed by atoms with Crippen LogP contribution >= 0.6 is 11.8 Å². The van der Waals surface area contributed by atoms with E-state index >= 15 is 4.39 Å². The second-order valence-electron chi connectivity index (χ2n) is 9.22. The molecule has 0 aliphatic carbocycles. The fourth-order valence-electron chi connectivity index (χ4n) is 4.84. The molecule has 0 amide bonds. The van der Waals surface area contributed by atoms with Gasteiger partial charge in [0.1, 0.15) is 5.82 Å². The highest BCUT2D eigenvalue weighted by molar-refractivity contribution is 8.00. The summed E-state index contributed by atoms with van der Waals surface area (Å²) in [5.74, 6) is -0.107. The van der Waals surface area contributed by atoms with Gasteiger partial charge in [0.2, 0.25) is 0 Å². The average Bonchev–Trinajstić information content (AvgIpc) is 2.85. The van der Waals surface area contributed by atoms with Crippen molar-refractivity contribution in [2.24, 2.45) is 0 Å². The average molecular weight is 474 g/mol. The molecule has 2 aromatic carbocycles. The Hall–Kier alpha value is -1.44. The number of hydrogen-bond acceptors (Lipinski definition) is 5. The molecule has 0 bridgehead atoms. The van der Waals surface area contributed by atoms with Crippen LogP contribution in [0.15, 0.2) is 48.5 Å². The number of ether oxygens (including phenoxy) is 3. The molecule has 1 N–H and O–H groups in total. The van der Waals surface area contributed by atoms with Crippen LogP contribution in [-0.2, 0) is 26.0 Å². The number of rotatable bonds is 9. The predicted molar refractivity (Wildman–Crippen MR) is 133 cm³/mol. The molecule has 33 heavy (non-hydrogen) atoms. The minimum atomic E-state index is -0.196. The smallest absolute Gasteiger partial charge is 0.126 e. The topological polar surface area (TPSA) is 39.7 Å². The lowest BCUT2D eigenvalue weighted by Crippen LogP contribution is -2.44. The summed E-state index contributed by atoms with van der Waals surface area (Å²) in [7, 11) is 1.67. The lowest BCUT2D eigenvalue weighted by Gasteiger charge is -2.38. The number of hydrogen-bond donors (Lipinski definition) is 1. The lowest BCUT2D eigenvalue weighted by atomic mass is 9.74. The van der Waals surface area contributed by atoms with Gasteiger partial charge in [-0.2, -0.15) is 0 Å². The summed E-state index contributed by atoms with van der Waals surface area (Å²) in [4.78, 5) is 0. The third kappa shape index (κ3) is 6.17. The molecule has 1 unspecified atom stereocenters. The van der Waals surface area contributed by atoms with Crippen molar-refractivity contribution in [1.29, 1.82) is 0 Å².